The molecule has 0 saturated carbocycles. The van der Waals surface area contributed by atoms with Crippen LogP contribution in [0.3, 0.4) is 0 Å². The smallest absolute Gasteiger partial charge is 0.246 e. The SMILES string of the molecule is C=CCN1C(=O)C(c2ccccc2)C(=O)NC1=S. The Kier molecular flexibility index (Phi) is 3.53. The van der Waals surface area contributed by atoms with Crippen molar-refractivity contribution in [3.63, 3.8) is 0 Å². The van der Waals surface area contributed by atoms with Crippen molar-refractivity contribution in [1.82, 2.24) is 10.2 Å². The van der Waals surface area contributed by atoms with Crippen LogP contribution in [0, 0.1) is 0 Å². The summed E-state index contributed by atoms with van der Waals surface area (Å²) in [6.45, 7) is 3.87. The van der Waals surface area contributed by atoms with E-state index in [0.717, 1.165) is 0 Å². The Morgan fingerprint density at radius 3 is 2.61 bits per heavy atom. The minimum Gasteiger partial charge on any atom is -0.302 e. The lowest BCUT2D eigenvalue weighted by molar-refractivity contribution is -0.137. The molecule has 1 N–H and O–H groups in total. The van der Waals surface area contributed by atoms with Crippen LogP contribution in [0.2, 0.25) is 0 Å². The summed E-state index contributed by atoms with van der Waals surface area (Å²) in [7, 11) is 0. The van der Waals surface area contributed by atoms with Crippen LogP contribution in [-0.2, 0) is 9.59 Å². The standard InChI is InChI=1S/C13H12N2O2S/c1-2-8-15-12(17)10(11(16)14-13(15)18)9-6-4-3-5-7-9/h2-7,10H,1,8H2,(H,14,16,18). The average Bonchev–Trinajstić information content (AvgIpc) is 2.35. The van der Waals surface area contributed by atoms with E-state index >= 15 is 0 Å². The molecule has 1 heterocycles. The molecule has 2 rings (SSSR count). The molecule has 0 aromatic heterocycles. The van der Waals surface area contributed by atoms with Gasteiger partial charge in [-0.25, -0.2) is 0 Å². The molecular formula is C13H12N2O2S. The van der Waals surface area contributed by atoms with Gasteiger partial charge in [0.05, 0.1) is 0 Å². The van der Waals surface area contributed by atoms with Gasteiger partial charge in [0.1, 0.15) is 5.92 Å². The molecule has 5 heteroatoms. The van der Waals surface area contributed by atoms with Gasteiger partial charge < -0.3 is 5.32 Å². The minimum atomic E-state index is -0.835. The van der Waals surface area contributed by atoms with Crippen LogP contribution in [0.15, 0.2) is 43.0 Å². The summed E-state index contributed by atoms with van der Waals surface area (Å²) in [6.07, 6.45) is 1.57. The van der Waals surface area contributed by atoms with Crippen molar-refractivity contribution >= 4 is 29.1 Å². The Morgan fingerprint density at radius 2 is 2.00 bits per heavy atom. The summed E-state index contributed by atoms with van der Waals surface area (Å²) >= 11 is 4.97. The summed E-state index contributed by atoms with van der Waals surface area (Å²) in [4.78, 5) is 25.5. The zero-order valence-corrected chi connectivity index (χ0v) is 10.4. The number of carbonyl (C=O) groups is 2. The fraction of sp³-hybridized carbons (Fsp3) is 0.154. The number of nitrogens with one attached hydrogen (secondary N) is 1. The van der Waals surface area contributed by atoms with Gasteiger partial charge in [-0.3, -0.25) is 14.5 Å². The van der Waals surface area contributed by atoms with Crippen molar-refractivity contribution in [3.05, 3.63) is 48.6 Å². The molecule has 1 aromatic rings. The molecule has 1 atom stereocenters. The molecule has 0 radical (unpaired) electrons. The third kappa shape index (κ3) is 2.17. The third-order valence-electron chi connectivity index (χ3n) is 2.70. The van der Waals surface area contributed by atoms with Crippen LogP contribution in [0.1, 0.15) is 11.5 Å². The molecule has 92 valence electrons. The van der Waals surface area contributed by atoms with E-state index in [4.69, 9.17) is 12.2 Å². The monoisotopic (exact) mass is 260 g/mol. The van der Waals surface area contributed by atoms with Crippen LogP contribution in [0.4, 0.5) is 0 Å². The van der Waals surface area contributed by atoms with Crippen LogP contribution < -0.4 is 5.32 Å². The minimum absolute atomic E-state index is 0.136. The maximum Gasteiger partial charge on any atom is 0.246 e. The first kappa shape index (κ1) is 12.4. The molecular weight excluding hydrogens is 248 g/mol. The van der Waals surface area contributed by atoms with E-state index in [1.807, 2.05) is 6.07 Å². The van der Waals surface area contributed by atoms with Crippen LogP contribution in [0.25, 0.3) is 0 Å². The highest BCUT2D eigenvalue weighted by molar-refractivity contribution is 7.80. The zero-order valence-electron chi connectivity index (χ0n) is 9.63. The van der Waals surface area contributed by atoms with Crippen molar-refractivity contribution in [3.8, 4) is 0 Å². The molecule has 1 aliphatic rings. The van der Waals surface area contributed by atoms with Crippen LogP contribution in [0.5, 0.6) is 0 Å². The Bertz CT molecular complexity index is 513. The normalized spacial score (nSPS) is 19.7. The van der Waals surface area contributed by atoms with Gasteiger partial charge in [0.15, 0.2) is 5.11 Å². The van der Waals surface area contributed by atoms with E-state index in [-0.39, 0.29) is 16.9 Å². The van der Waals surface area contributed by atoms with Gasteiger partial charge in [-0.05, 0) is 17.8 Å². The number of benzene rings is 1. The maximum absolute atomic E-state index is 12.3. The highest BCUT2D eigenvalue weighted by Gasteiger charge is 2.38. The lowest BCUT2D eigenvalue weighted by Crippen LogP contribution is -2.56. The van der Waals surface area contributed by atoms with Crippen LogP contribution >= 0.6 is 12.2 Å². The van der Waals surface area contributed by atoms with Crippen molar-refractivity contribution in [2.75, 3.05) is 6.54 Å². The van der Waals surface area contributed by atoms with Gasteiger partial charge in [0, 0.05) is 6.54 Å². The molecule has 0 spiro atoms. The van der Waals surface area contributed by atoms with Gasteiger partial charge in [-0.15, -0.1) is 6.58 Å². The number of amides is 2. The second-order valence-electron chi connectivity index (χ2n) is 3.88. The fourth-order valence-electron chi connectivity index (χ4n) is 1.85. The van der Waals surface area contributed by atoms with Gasteiger partial charge in [-0.1, -0.05) is 36.4 Å². The van der Waals surface area contributed by atoms with Gasteiger partial charge in [-0.2, -0.15) is 0 Å². The molecule has 0 aliphatic carbocycles. The Hall–Kier alpha value is -2.01. The Balaban J connectivity index is 2.35. The van der Waals surface area contributed by atoms with Crippen molar-refractivity contribution in [2.45, 2.75) is 5.92 Å². The highest BCUT2D eigenvalue weighted by atomic mass is 32.1. The number of rotatable bonds is 3. The number of hydrogen-bond donors (Lipinski definition) is 1. The lowest BCUT2D eigenvalue weighted by atomic mass is 9.95. The molecule has 2 amide bonds. The predicted molar refractivity (Wildman–Crippen MR) is 71.8 cm³/mol. The summed E-state index contributed by atoms with van der Waals surface area (Å²) in [5, 5.41) is 2.68. The summed E-state index contributed by atoms with van der Waals surface area (Å²) in [6, 6.07) is 8.92. The largest absolute Gasteiger partial charge is 0.302 e. The third-order valence-corrected chi connectivity index (χ3v) is 3.02. The highest BCUT2D eigenvalue weighted by Crippen LogP contribution is 2.22. The molecule has 1 aliphatic heterocycles. The molecule has 1 unspecified atom stereocenters. The topological polar surface area (TPSA) is 49.4 Å². The quantitative estimate of drug-likeness (QED) is 0.505. The summed E-state index contributed by atoms with van der Waals surface area (Å²) < 4.78 is 0. The van der Waals surface area contributed by atoms with Crippen molar-refractivity contribution in [1.29, 1.82) is 0 Å². The van der Waals surface area contributed by atoms with E-state index < -0.39 is 5.92 Å². The van der Waals surface area contributed by atoms with E-state index in [9.17, 15) is 9.59 Å². The van der Waals surface area contributed by atoms with E-state index in [2.05, 4.69) is 11.9 Å². The second kappa shape index (κ2) is 5.10. The number of carbonyl (C=O) groups excluding carboxylic acids is 2. The zero-order chi connectivity index (χ0) is 13.1. The van der Waals surface area contributed by atoms with E-state index in [1.165, 1.54) is 4.90 Å². The second-order valence-corrected chi connectivity index (χ2v) is 4.26. The molecule has 1 fully saturated rings. The van der Waals surface area contributed by atoms with Gasteiger partial charge >= 0.3 is 0 Å². The molecule has 1 saturated heterocycles. The Morgan fingerprint density at radius 1 is 1.33 bits per heavy atom. The number of hydrogen-bond acceptors (Lipinski definition) is 3. The first-order chi connectivity index (χ1) is 8.65. The lowest BCUT2D eigenvalue weighted by Gasteiger charge is -2.31. The number of thiocarbonyl (C=S) groups is 1. The first-order valence-electron chi connectivity index (χ1n) is 5.47. The molecule has 0 bridgehead atoms. The summed E-state index contributed by atoms with van der Waals surface area (Å²) in [5.74, 6) is -1.52. The van der Waals surface area contributed by atoms with Crippen molar-refractivity contribution < 1.29 is 9.59 Å². The average molecular weight is 260 g/mol. The number of nitrogens with zero attached hydrogens (tertiary/aromatic N) is 1. The molecule has 4 nitrogen and oxygen atoms in total. The van der Waals surface area contributed by atoms with Crippen molar-refractivity contribution in [2.24, 2.45) is 0 Å². The fourth-order valence-corrected chi connectivity index (χ4v) is 2.12. The maximum atomic E-state index is 12.3. The summed E-state index contributed by atoms with van der Waals surface area (Å²) in [5.41, 5.74) is 0.663. The Labute approximate surface area is 110 Å². The van der Waals surface area contributed by atoms with Crippen LogP contribution in [-0.4, -0.2) is 28.4 Å². The van der Waals surface area contributed by atoms with E-state index in [0.29, 0.717) is 12.1 Å². The van der Waals surface area contributed by atoms with E-state index in [1.54, 1.807) is 30.3 Å². The predicted octanol–water partition coefficient (Wildman–Crippen LogP) is 1.20. The van der Waals surface area contributed by atoms with Gasteiger partial charge in [0.2, 0.25) is 11.8 Å². The molecule has 1 aromatic carbocycles. The molecule has 18 heavy (non-hydrogen) atoms. The first-order valence-corrected chi connectivity index (χ1v) is 5.88. The van der Waals surface area contributed by atoms with Gasteiger partial charge in [0.25, 0.3) is 0 Å².